The average Bonchev–Trinajstić information content (AvgIpc) is 2.85. The average molecular weight is 385 g/mol. The van der Waals surface area contributed by atoms with Crippen molar-refractivity contribution in [2.24, 2.45) is 7.05 Å². The van der Waals surface area contributed by atoms with Gasteiger partial charge in [0, 0.05) is 18.4 Å². The molecule has 0 saturated heterocycles. The van der Waals surface area contributed by atoms with Crippen LogP contribution >= 0.6 is 0 Å². The second kappa shape index (κ2) is 7.96. The zero-order chi connectivity index (χ0) is 21.2. The number of hydrogen-bond donors (Lipinski definition) is 1. The van der Waals surface area contributed by atoms with Crippen molar-refractivity contribution < 1.29 is 19.1 Å². The van der Waals surface area contributed by atoms with Crippen LogP contribution in [0.15, 0.2) is 24.3 Å². The Morgan fingerprint density at radius 2 is 1.68 bits per heavy atom. The predicted octanol–water partition coefficient (Wildman–Crippen LogP) is 3.09. The van der Waals surface area contributed by atoms with Crippen LogP contribution in [0.25, 0.3) is 0 Å². The predicted molar refractivity (Wildman–Crippen MR) is 106 cm³/mol. The first-order chi connectivity index (χ1) is 12.9. The fourth-order valence-corrected chi connectivity index (χ4v) is 2.77. The molecule has 0 aliphatic rings. The number of benzene rings is 1. The molecule has 1 aromatic heterocycles. The summed E-state index contributed by atoms with van der Waals surface area (Å²) in [5.41, 5.74) is 2.95. The Morgan fingerprint density at radius 3 is 2.14 bits per heavy atom. The summed E-state index contributed by atoms with van der Waals surface area (Å²) in [5, 5.41) is 6.80. The second-order valence-corrected chi connectivity index (χ2v) is 7.86. The number of Topliss-reactive ketones (excluding diaryl/α,β-unsaturated/α-hetero) is 1. The van der Waals surface area contributed by atoms with Crippen LogP contribution in [0.1, 0.15) is 55.0 Å². The summed E-state index contributed by atoms with van der Waals surface area (Å²) >= 11 is 0. The Morgan fingerprint density at radius 1 is 1.11 bits per heavy atom. The van der Waals surface area contributed by atoms with E-state index in [9.17, 15) is 14.4 Å². The van der Waals surface area contributed by atoms with E-state index in [4.69, 9.17) is 4.74 Å². The normalized spacial score (nSPS) is 12.4. The summed E-state index contributed by atoms with van der Waals surface area (Å²) in [7, 11) is 1.69. The molecule has 2 aromatic rings. The molecule has 1 aromatic carbocycles. The molecule has 7 nitrogen and oxygen atoms in total. The van der Waals surface area contributed by atoms with Crippen LogP contribution in [0.4, 0.5) is 5.69 Å². The van der Waals surface area contributed by atoms with E-state index < -0.39 is 23.8 Å². The number of carbonyl (C=O) groups excluding carboxylic acids is 3. The molecule has 1 amide bonds. The molecule has 28 heavy (non-hydrogen) atoms. The van der Waals surface area contributed by atoms with Gasteiger partial charge in [0.25, 0.3) is 11.7 Å². The van der Waals surface area contributed by atoms with Crippen LogP contribution in [-0.4, -0.2) is 33.5 Å². The Labute approximate surface area is 165 Å². The van der Waals surface area contributed by atoms with E-state index in [0.29, 0.717) is 17.1 Å². The first-order valence-corrected chi connectivity index (χ1v) is 9.08. The molecule has 1 heterocycles. The van der Waals surface area contributed by atoms with Gasteiger partial charge in [-0.05, 0) is 43.9 Å². The summed E-state index contributed by atoms with van der Waals surface area (Å²) in [5.74, 6) is -2.40. The van der Waals surface area contributed by atoms with Crippen LogP contribution in [-0.2, 0) is 26.8 Å². The molecule has 0 fully saturated rings. The van der Waals surface area contributed by atoms with Crippen molar-refractivity contribution in [1.82, 2.24) is 9.78 Å². The number of nitrogens with one attached hydrogen (secondary N) is 1. The molecular formula is C21H27N3O4. The lowest BCUT2D eigenvalue weighted by Crippen LogP contribution is -2.32. The van der Waals surface area contributed by atoms with Gasteiger partial charge in [0.15, 0.2) is 6.10 Å². The van der Waals surface area contributed by atoms with E-state index >= 15 is 0 Å². The summed E-state index contributed by atoms with van der Waals surface area (Å²) in [6, 6.07) is 7.45. The van der Waals surface area contributed by atoms with Crippen LogP contribution in [0.3, 0.4) is 0 Å². The highest BCUT2D eigenvalue weighted by Crippen LogP contribution is 2.23. The maximum atomic E-state index is 12.4. The van der Waals surface area contributed by atoms with E-state index in [2.05, 4.69) is 31.2 Å². The molecule has 0 aliphatic carbocycles. The molecular weight excluding hydrogens is 358 g/mol. The minimum Gasteiger partial charge on any atom is -0.447 e. The molecule has 1 unspecified atom stereocenters. The van der Waals surface area contributed by atoms with Gasteiger partial charge >= 0.3 is 5.97 Å². The van der Waals surface area contributed by atoms with Gasteiger partial charge in [0.05, 0.1) is 11.3 Å². The van der Waals surface area contributed by atoms with Gasteiger partial charge in [-0.25, -0.2) is 4.79 Å². The summed E-state index contributed by atoms with van der Waals surface area (Å²) < 4.78 is 6.58. The van der Waals surface area contributed by atoms with Crippen molar-refractivity contribution in [2.75, 3.05) is 5.32 Å². The molecule has 1 N–H and O–H groups in total. The molecule has 0 radical (unpaired) electrons. The van der Waals surface area contributed by atoms with E-state index in [1.54, 1.807) is 33.0 Å². The summed E-state index contributed by atoms with van der Waals surface area (Å²) in [6.07, 6.45) is -1.11. The molecule has 2 rings (SSSR count). The van der Waals surface area contributed by atoms with E-state index in [0.717, 1.165) is 5.56 Å². The van der Waals surface area contributed by atoms with Gasteiger partial charge in [-0.2, -0.15) is 5.10 Å². The number of esters is 1. The number of nitrogens with zero attached hydrogens (tertiary/aromatic N) is 2. The molecule has 1 atom stereocenters. The van der Waals surface area contributed by atoms with Crippen LogP contribution < -0.4 is 5.32 Å². The van der Waals surface area contributed by atoms with Crippen molar-refractivity contribution in [3.05, 3.63) is 46.8 Å². The second-order valence-electron chi connectivity index (χ2n) is 7.86. The van der Waals surface area contributed by atoms with Gasteiger partial charge in [-0.3, -0.25) is 14.3 Å². The smallest absolute Gasteiger partial charge is 0.380 e. The Hall–Kier alpha value is -2.96. The Balaban J connectivity index is 2.01. The molecule has 0 bridgehead atoms. The summed E-state index contributed by atoms with van der Waals surface area (Å²) in [6.45, 7) is 11.1. The number of amides is 1. The highest BCUT2D eigenvalue weighted by molar-refractivity contribution is 6.41. The first kappa shape index (κ1) is 21.3. The molecule has 0 spiro atoms. The fraction of sp³-hybridized carbons (Fsp3) is 0.429. The Bertz CT molecular complexity index is 905. The van der Waals surface area contributed by atoms with Gasteiger partial charge in [-0.15, -0.1) is 0 Å². The number of anilines is 1. The maximum absolute atomic E-state index is 12.4. The van der Waals surface area contributed by atoms with E-state index in [-0.39, 0.29) is 11.0 Å². The van der Waals surface area contributed by atoms with Crippen molar-refractivity contribution >= 4 is 23.3 Å². The molecule has 7 heteroatoms. The monoisotopic (exact) mass is 385 g/mol. The fourth-order valence-electron chi connectivity index (χ4n) is 2.77. The van der Waals surface area contributed by atoms with Crippen LogP contribution in [0, 0.1) is 13.8 Å². The van der Waals surface area contributed by atoms with E-state index in [1.165, 1.54) is 11.6 Å². The lowest BCUT2D eigenvalue weighted by Gasteiger charge is -2.19. The highest BCUT2D eigenvalue weighted by Gasteiger charge is 2.28. The number of rotatable bonds is 5. The SMILES string of the molecule is Cc1nn(C)c(C)c1C(=O)C(=O)OC(C)C(=O)Nc1ccc(C(C)(C)C)cc1. The number of ether oxygens (including phenoxy) is 1. The number of hydrogen-bond acceptors (Lipinski definition) is 5. The lowest BCUT2D eigenvalue weighted by molar-refractivity contribution is -0.148. The third kappa shape index (κ3) is 4.65. The topological polar surface area (TPSA) is 90.3 Å². The van der Waals surface area contributed by atoms with Gasteiger partial charge in [0.1, 0.15) is 0 Å². The zero-order valence-electron chi connectivity index (χ0n) is 17.4. The highest BCUT2D eigenvalue weighted by atomic mass is 16.6. The third-order valence-electron chi connectivity index (χ3n) is 4.59. The largest absolute Gasteiger partial charge is 0.447 e. The standard InChI is InChI=1S/C21H27N3O4/c1-12-17(13(2)24(7)23-12)18(25)20(27)28-14(3)19(26)22-16-10-8-15(9-11-16)21(4,5)6/h8-11,14H,1-7H3,(H,22,26). The summed E-state index contributed by atoms with van der Waals surface area (Å²) in [4.78, 5) is 36.9. The number of ketones is 1. The first-order valence-electron chi connectivity index (χ1n) is 9.08. The quantitative estimate of drug-likeness (QED) is 0.485. The van der Waals surface area contributed by atoms with Crippen LogP contribution in [0.2, 0.25) is 0 Å². The molecule has 0 aliphatic heterocycles. The Kier molecular flexibility index (Phi) is 6.07. The van der Waals surface area contributed by atoms with Gasteiger partial charge in [-0.1, -0.05) is 32.9 Å². The third-order valence-corrected chi connectivity index (χ3v) is 4.59. The van der Waals surface area contributed by atoms with Gasteiger partial charge in [0.2, 0.25) is 0 Å². The number of aromatic nitrogens is 2. The van der Waals surface area contributed by atoms with Crippen molar-refractivity contribution in [3.8, 4) is 0 Å². The van der Waals surface area contributed by atoms with Crippen molar-refractivity contribution in [1.29, 1.82) is 0 Å². The van der Waals surface area contributed by atoms with Crippen molar-refractivity contribution in [3.63, 3.8) is 0 Å². The van der Waals surface area contributed by atoms with Crippen LogP contribution in [0.5, 0.6) is 0 Å². The van der Waals surface area contributed by atoms with E-state index in [1.807, 2.05) is 12.1 Å². The minimum atomic E-state index is -1.11. The van der Waals surface area contributed by atoms with Crippen molar-refractivity contribution in [2.45, 2.75) is 53.1 Å². The minimum absolute atomic E-state index is 0.00821. The molecule has 150 valence electrons. The molecule has 0 saturated carbocycles. The lowest BCUT2D eigenvalue weighted by atomic mass is 9.87. The zero-order valence-corrected chi connectivity index (χ0v) is 17.4. The number of carbonyl (C=O) groups is 3. The van der Waals surface area contributed by atoms with Gasteiger partial charge < -0.3 is 10.1 Å². The maximum Gasteiger partial charge on any atom is 0.380 e. The number of aryl methyl sites for hydroxylation is 2.